The molecule has 0 aromatic rings. The molecular weight excluding hydrogens is 194 g/mol. The molecule has 1 fully saturated rings. The highest BCUT2D eigenvalue weighted by molar-refractivity contribution is 5.73. The summed E-state index contributed by atoms with van der Waals surface area (Å²) in [5.74, 6) is -0.201. The van der Waals surface area contributed by atoms with Crippen molar-refractivity contribution in [2.24, 2.45) is 11.3 Å². The molecule has 0 amide bonds. The Balaban J connectivity index is 2.38. The zero-order valence-corrected chi connectivity index (χ0v) is 9.57. The van der Waals surface area contributed by atoms with Crippen molar-refractivity contribution < 1.29 is 15.0 Å². The van der Waals surface area contributed by atoms with Gasteiger partial charge in [-0.2, -0.15) is 0 Å². The standard InChI is InChI=1S/C11H21NO3/c1-11(2,10(14)15)8-12-5-3-9(7-12)4-6-13/h9,13H,3-8H2,1-2H3,(H,14,15). The lowest BCUT2D eigenvalue weighted by atomic mass is 9.93. The number of aliphatic hydroxyl groups excluding tert-OH is 1. The molecule has 0 aliphatic carbocycles. The highest BCUT2D eigenvalue weighted by Crippen LogP contribution is 2.24. The molecule has 0 aromatic carbocycles. The predicted molar refractivity (Wildman–Crippen MR) is 57.7 cm³/mol. The topological polar surface area (TPSA) is 60.8 Å². The summed E-state index contributed by atoms with van der Waals surface area (Å²) in [6, 6.07) is 0. The van der Waals surface area contributed by atoms with Gasteiger partial charge in [-0.05, 0) is 39.2 Å². The van der Waals surface area contributed by atoms with Crippen molar-refractivity contribution in [3.8, 4) is 0 Å². The Morgan fingerprint density at radius 2 is 2.20 bits per heavy atom. The number of nitrogens with zero attached hydrogens (tertiary/aromatic N) is 1. The summed E-state index contributed by atoms with van der Waals surface area (Å²) in [4.78, 5) is 13.1. The molecule has 2 N–H and O–H groups in total. The molecule has 1 heterocycles. The molecule has 4 nitrogen and oxygen atoms in total. The average Bonchev–Trinajstić information content (AvgIpc) is 2.52. The lowest BCUT2D eigenvalue weighted by molar-refractivity contribution is -0.147. The van der Waals surface area contributed by atoms with Crippen molar-refractivity contribution >= 4 is 5.97 Å². The number of rotatable bonds is 5. The smallest absolute Gasteiger partial charge is 0.310 e. The van der Waals surface area contributed by atoms with Crippen molar-refractivity contribution in [1.82, 2.24) is 4.90 Å². The van der Waals surface area contributed by atoms with Crippen LogP contribution < -0.4 is 0 Å². The van der Waals surface area contributed by atoms with Crippen LogP contribution in [0.15, 0.2) is 0 Å². The van der Waals surface area contributed by atoms with E-state index < -0.39 is 11.4 Å². The Morgan fingerprint density at radius 3 is 2.73 bits per heavy atom. The van der Waals surface area contributed by atoms with Crippen LogP contribution in [0.5, 0.6) is 0 Å². The molecule has 88 valence electrons. The molecule has 0 saturated carbocycles. The first-order valence-electron chi connectivity index (χ1n) is 5.52. The lowest BCUT2D eigenvalue weighted by Gasteiger charge is -2.26. The quantitative estimate of drug-likeness (QED) is 0.712. The van der Waals surface area contributed by atoms with Gasteiger partial charge < -0.3 is 15.1 Å². The van der Waals surface area contributed by atoms with Gasteiger partial charge in [0.1, 0.15) is 0 Å². The van der Waals surface area contributed by atoms with Crippen LogP contribution in [0.3, 0.4) is 0 Å². The zero-order valence-electron chi connectivity index (χ0n) is 9.57. The van der Waals surface area contributed by atoms with Gasteiger partial charge in [-0.15, -0.1) is 0 Å². The molecule has 15 heavy (non-hydrogen) atoms. The fourth-order valence-corrected chi connectivity index (χ4v) is 2.10. The molecule has 1 rings (SSSR count). The van der Waals surface area contributed by atoms with Crippen molar-refractivity contribution in [3.63, 3.8) is 0 Å². The number of hydrogen-bond donors (Lipinski definition) is 2. The third kappa shape index (κ3) is 3.47. The van der Waals surface area contributed by atoms with E-state index in [-0.39, 0.29) is 6.61 Å². The Hall–Kier alpha value is -0.610. The van der Waals surface area contributed by atoms with E-state index in [9.17, 15) is 4.79 Å². The minimum atomic E-state index is -0.742. The summed E-state index contributed by atoms with van der Waals surface area (Å²) in [6.07, 6.45) is 1.92. The van der Waals surface area contributed by atoms with Gasteiger partial charge in [-0.1, -0.05) is 0 Å². The number of aliphatic carboxylic acids is 1. The van der Waals surface area contributed by atoms with Gasteiger partial charge in [0.2, 0.25) is 0 Å². The molecule has 4 heteroatoms. The van der Waals surface area contributed by atoms with E-state index in [1.54, 1.807) is 13.8 Å². The van der Waals surface area contributed by atoms with Gasteiger partial charge in [0, 0.05) is 19.7 Å². The third-order valence-electron chi connectivity index (χ3n) is 3.11. The summed E-state index contributed by atoms with van der Waals surface area (Å²) in [5, 5.41) is 17.8. The van der Waals surface area contributed by atoms with Crippen molar-refractivity contribution in [3.05, 3.63) is 0 Å². The minimum absolute atomic E-state index is 0.237. The first kappa shape index (κ1) is 12.5. The Kier molecular flexibility index (Phi) is 4.11. The van der Waals surface area contributed by atoms with Gasteiger partial charge in [0.15, 0.2) is 0 Å². The van der Waals surface area contributed by atoms with Crippen molar-refractivity contribution in [2.45, 2.75) is 26.7 Å². The van der Waals surface area contributed by atoms with Gasteiger partial charge in [-0.3, -0.25) is 4.79 Å². The van der Waals surface area contributed by atoms with Gasteiger partial charge >= 0.3 is 5.97 Å². The fourth-order valence-electron chi connectivity index (χ4n) is 2.10. The van der Waals surface area contributed by atoms with E-state index in [2.05, 4.69) is 4.90 Å². The summed E-state index contributed by atoms with van der Waals surface area (Å²) in [6.45, 7) is 6.24. The van der Waals surface area contributed by atoms with Crippen molar-refractivity contribution in [2.75, 3.05) is 26.2 Å². The van der Waals surface area contributed by atoms with Gasteiger partial charge in [0.25, 0.3) is 0 Å². The number of likely N-dealkylation sites (tertiary alicyclic amines) is 1. The van der Waals surface area contributed by atoms with Crippen LogP contribution in [0.25, 0.3) is 0 Å². The normalized spacial score (nSPS) is 23.3. The first-order chi connectivity index (χ1) is 6.95. The second-order valence-electron chi connectivity index (χ2n) is 5.09. The highest BCUT2D eigenvalue weighted by atomic mass is 16.4. The van der Waals surface area contributed by atoms with E-state index in [1.807, 2.05) is 0 Å². The minimum Gasteiger partial charge on any atom is -0.481 e. The molecule has 0 spiro atoms. The van der Waals surface area contributed by atoms with Crippen LogP contribution >= 0.6 is 0 Å². The van der Waals surface area contributed by atoms with E-state index in [0.717, 1.165) is 25.9 Å². The first-order valence-corrected chi connectivity index (χ1v) is 5.52. The maximum atomic E-state index is 10.9. The predicted octanol–water partition coefficient (Wildman–Crippen LogP) is 0.802. The SMILES string of the molecule is CC(C)(CN1CCC(CCO)C1)C(=O)O. The summed E-state index contributed by atoms with van der Waals surface area (Å²) in [5.41, 5.74) is -0.673. The Morgan fingerprint density at radius 1 is 1.53 bits per heavy atom. The third-order valence-corrected chi connectivity index (χ3v) is 3.11. The van der Waals surface area contributed by atoms with Crippen LogP contribution in [-0.2, 0) is 4.79 Å². The largest absolute Gasteiger partial charge is 0.481 e. The molecule has 1 unspecified atom stereocenters. The van der Waals surface area contributed by atoms with Crippen LogP contribution in [0, 0.1) is 11.3 Å². The maximum absolute atomic E-state index is 10.9. The second kappa shape index (κ2) is 4.94. The number of carboxylic acid groups (broad SMARTS) is 1. The summed E-state index contributed by atoms with van der Waals surface area (Å²) in [7, 11) is 0. The van der Waals surface area contributed by atoms with E-state index in [0.29, 0.717) is 12.5 Å². The van der Waals surface area contributed by atoms with E-state index in [1.165, 1.54) is 0 Å². The Labute approximate surface area is 90.9 Å². The molecule has 1 atom stereocenters. The second-order valence-corrected chi connectivity index (χ2v) is 5.09. The number of hydrogen-bond acceptors (Lipinski definition) is 3. The summed E-state index contributed by atoms with van der Waals surface area (Å²) < 4.78 is 0. The molecule has 1 saturated heterocycles. The molecule has 0 bridgehead atoms. The lowest BCUT2D eigenvalue weighted by Crippen LogP contribution is -2.38. The van der Waals surface area contributed by atoms with Gasteiger partial charge in [-0.25, -0.2) is 0 Å². The number of carboxylic acids is 1. The average molecular weight is 215 g/mol. The molecule has 1 aliphatic heterocycles. The maximum Gasteiger partial charge on any atom is 0.310 e. The monoisotopic (exact) mass is 215 g/mol. The Bertz CT molecular complexity index is 228. The number of aliphatic hydroxyl groups is 1. The molecule has 0 radical (unpaired) electrons. The molecule has 1 aliphatic rings. The van der Waals surface area contributed by atoms with Gasteiger partial charge in [0.05, 0.1) is 5.41 Å². The number of carbonyl (C=O) groups is 1. The van der Waals surface area contributed by atoms with Crippen LogP contribution in [0.2, 0.25) is 0 Å². The van der Waals surface area contributed by atoms with Crippen LogP contribution in [0.4, 0.5) is 0 Å². The van der Waals surface area contributed by atoms with Crippen LogP contribution in [0.1, 0.15) is 26.7 Å². The molecule has 0 aromatic heterocycles. The summed E-state index contributed by atoms with van der Waals surface area (Å²) >= 11 is 0. The fraction of sp³-hybridized carbons (Fsp3) is 0.909. The van der Waals surface area contributed by atoms with E-state index >= 15 is 0 Å². The molecular formula is C11H21NO3. The highest BCUT2D eigenvalue weighted by Gasteiger charge is 2.32. The zero-order chi connectivity index (χ0) is 11.5. The van der Waals surface area contributed by atoms with Crippen LogP contribution in [-0.4, -0.2) is 47.3 Å². The van der Waals surface area contributed by atoms with E-state index in [4.69, 9.17) is 10.2 Å². The van der Waals surface area contributed by atoms with Crippen molar-refractivity contribution in [1.29, 1.82) is 0 Å².